The topological polar surface area (TPSA) is 12.5 Å². The van der Waals surface area contributed by atoms with Crippen LogP contribution in [0.1, 0.15) is 11.1 Å². The second kappa shape index (κ2) is 10.2. The van der Waals surface area contributed by atoms with Crippen molar-refractivity contribution in [3.63, 3.8) is 0 Å². The van der Waals surface area contributed by atoms with Crippen LogP contribution in [-0.4, -0.2) is 24.1 Å². The van der Waals surface area contributed by atoms with Crippen LogP contribution in [0.15, 0.2) is 84.4 Å². The molecule has 24 heavy (non-hydrogen) atoms. The number of nitrogens with zero attached hydrogens (tertiary/aromatic N) is 1. The van der Waals surface area contributed by atoms with E-state index in [4.69, 9.17) is 4.74 Å². The minimum Gasteiger partial charge on any atom is -0.375 e. The van der Waals surface area contributed by atoms with Crippen molar-refractivity contribution < 1.29 is 4.74 Å². The maximum absolute atomic E-state index is 5.92. The predicted octanol–water partition coefficient (Wildman–Crippen LogP) is 5.17. The van der Waals surface area contributed by atoms with Gasteiger partial charge in [-0.1, -0.05) is 89.2 Å². The van der Waals surface area contributed by atoms with Gasteiger partial charge in [-0.15, -0.1) is 6.58 Å². The quantitative estimate of drug-likeness (QED) is 0.523. The fraction of sp³-hybridized carbons (Fsp3) is 0.238. The number of hydrogen-bond donors (Lipinski definition) is 0. The summed E-state index contributed by atoms with van der Waals surface area (Å²) >= 11 is 3.48. The van der Waals surface area contributed by atoms with E-state index >= 15 is 0 Å². The summed E-state index contributed by atoms with van der Waals surface area (Å²) in [6.07, 6.45) is 1.95. The average molecular weight is 386 g/mol. The van der Waals surface area contributed by atoms with E-state index in [2.05, 4.69) is 70.4 Å². The van der Waals surface area contributed by atoms with E-state index < -0.39 is 0 Å². The van der Waals surface area contributed by atoms with Crippen LogP contribution >= 0.6 is 15.9 Å². The third kappa shape index (κ3) is 6.44. The summed E-state index contributed by atoms with van der Waals surface area (Å²) in [5, 5.41) is 0. The highest BCUT2D eigenvalue weighted by Gasteiger charge is 2.16. The smallest absolute Gasteiger partial charge is 0.0717 e. The highest BCUT2D eigenvalue weighted by molar-refractivity contribution is 9.11. The molecular weight excluding hydrogens is 362 g/mol. The summed E-state index contributed by atoms with van der Waals surface area (Å²) in [5.41, 5.74) is 2.45. The molecule has 1 atom stereocenters. The van der Waals surface area contributed by atoms with Gasteiger partial charge in [-0.25, -0.2) is 0 Å². The number of rotatable bonds is 10. The summed E-state index contributed by atoms with van der Waals surface area (Å²) in [6.45, 7) is 10.8. The predicted molar refractivity (Wildman–Crippen MR) is 105 cm³/mol. The molecule has 0 heterocycles. The molecule has 0 aliphatic carbocycles. The molecule has 0 aliphatic heterocycles. The lowest BCUT2D eigenvalue weighted by molar-refractivity contribution is 0.0688. The Bertz CT molecular complexity index is 627. The Labute approximate surface area is 153 Å². The number of halogens is 1. The van der Waals surface area contributed by atoms with Crippen molar-refractivity contribution in [3.8, 4) is 0 Å². The summed E-state index contributed by atoms with van der Waals surface area (Å²) in [7, 11) is 0. The minimum atomic E-state index is 0.128. The molecule has 0 radical (unpaired) electrons. The van der Waals surface area contributed by atoms with Gasteiger partial charge in [0.1, 0.15) is 0 Å². The first kappa shape index (κ1) is 18.7. The Morgan fingerprint density at radius 1 is 1.04 bits per heavy atom. The second-order valence-corrected chi connectivity index (χ2v) is 6.83. The maximum Gasteiger partial charge on any atom is 0.0717 e. The van der Waals surface area contributed by atoms with E-state index in [0.29, 0.717) is 13.2 Å². The third-order valence-electron chi connectivity index (χ3n) is 3.74. The monoisotopic (exact) mass is 385 g/mol. The fourth-order valence-electron chi connectivity index (χ4n) is 2.52. The van der Waals surface area contributed by atoms with Gasteiger partial charge in [-0.2, -0.15) is 0 Å². The molecule has 0 aliphatic rings. The second-order valence-electron chi connectivity index (χ2n) is 5.71. The molecule has 0 saturated heterocycles. The van der Waals surface area contributed by atoms with Crippen LogP contribution in [0, 0.1) is 0 Å². The minimum absolute atomic E-state index is 0.128. The zero-order valence-corrected chi connectivity index (χ0v) is 15.5. The largest absolute Gasteiger partial charge is 0.375 e. The lowest BCUT2D eigenvalue weighted by Crippen LogP contribution is -2.37. The Morgan fingerprint density at radius 2 is 1.62 bits per heavy atom. The van der Waals surface area contributed by atoms with Crippen LogP contribution in [0.25, 0.3) is 0 Å². The Hall–Kier alpha value is -1.68. The van der Waals surface area contributed by atoms with Crippen LogP contribution in [0.2, 0.25) is 0 Å². The molecule has 0 N–H and O–H groups in total. The summed E-state index contributed by atoms with van der Waals surface area (Å²) in [4.78, 5) is 2.31. The average Bonchev–Trinajstić information content (AvgIpc) is 2.60. The lowest BCUT2D eigenvalue weighted by Gasteiger charge is -2.29. The van der Waals surface area contributed by atoms with Crippen LogP contribution in [0.3, 0.4) is 0 Å². The van der Waals surface area contributed by atoms with Crippen molar-refractivity contribution in [1.29, 1.82) is 0 Å². The standard InChI is InChI=1S/C21H24BrNO/c1-3-21(17-24-16-20-12-8-5-9-13-20)23(14-18(2)22)15-19-10-6-4-7-11-19/h3-13,21H,1-2,14-17H2. The fourth-order valence-corrected chi connectivity index (χ4v) is 2.85. The molecule has 0 bridgehead atoms. The van der Waals surface area contributed by atoms with Gasteiger partial charge in [0.25, 0.3) is 0 Å². The molecule has 0 aromatic heterocycles. The van der Waals surface area contributed by atoms with Gasteiger partial charge in [-0.05, 0) is 11.1 Å². The molecule has 1 unspecified atom stereocenters. The van der Waals surface area contributed by atoms with E-state index in [1.807, 2.05) is 30.3 Å². The van der Waals surface area contributed by atoms with E-state index in [1.165, 1.54) is 11.1 Å². The molecule has 126 valence electrons. The van der Waals surface area contributed by atoms with E-state index in [9.17, 15) is 0 Å². The van der Waals surface area contributed by atoms with Crippen molar-refractivity contribution in [1.82, 2.24) is 4.90 Å². The zero-order chi connectivity index (χ0) is 17.2. The van der Waals surface area contributed by atoms with Crippen molar-refractivity contribution in [3.05, 3.63) is 95.5 Å². The van der Waals surface area contributed by atoms with Gasteiger partial charge in [0.05, 0.1) is 19.3 Å². The molecule has 3 heteroatoms. The van der Waals surface area contributed by atoms with E-state index in [-0.39, 0.29) is 6.04 Å². The zero-order valence-electron chi connectivity index (χ0n) is 13.9. The maximum atomic E-state index is 5.92. The van der Waals surface area contributed by atoms with E-state index in [0.717, 1.165) is 17.6 Å². The highest BCUT2D eigenvalue weighted by Crippen LogP contribution is 2.15. The molecule has 2 nitrogen and oxygen atoms in total. The first-order valence-corrected chi connectivity index (χ1v) is 8.84. The van der Waals surface area contributed by atoms with Crippen LogP contribution in [-0.2, 0) is 17.9 Å². The number of benzene rings is 2. The molecule has 2 aromatic rings. The SMILES string of the molecule is C=CC(COCc1ccccc1)N(CC(=C)Br)Cc1ccccc1. The third-order valence-corrected chi connectivity index (χ3v) is 4.00. The van der Waals surface area contributed by atoms with Gasteiger partial charge in [-0.3, -0.25) is 4.90 Å². The lowest BCUT2D eigenvalue weighted by atomic mass is 10.1. The van der Waals surface area contributed by atoms with Crippen molar-refractivity contribution in [2.24, 2.45) is 0 Å². The highest BCUT2D eigenvalue weighted by atomic mass is 79.9. The first-order valence-electron chi connectivity index (χ1n) is 8.04. The molecule has 2 rings (SSSR count). The molecule has 2 aromatic carbocycles. The summed E-state index contributed by atoms with van der Waals surface area (Å²) in [6, 6.07) is 20.8. The van der Waals surface area contributed by atoms with Crippen molar-refractivity contribution >= 4 is 15.9 Å². The first-order chi connectivity index (χ1) is 11.7. The van der Waals surface area contributed by atoms with Crippen LogP contribution < -0.4 is 0 Å². The van der Waals surface area contributed by atoms with Gasteiger partial charge in [0.2, 0.25) is 0 Å². The molecule has 0 amide bonds. The Morgan fingerprint density at radius 3 is 2.17 bits per heavy atom. The number of hydrogen-bond acceptors (Lipinski definition) is 2. The van der Waals surface area contributed by atoms with Gasteiger partial charge in [0, 0.05) is 17.6 Å². The normalized spacial score (nSPS) is 12.1. The number of ether oxygens (including phenoxy) is 1. The molecular formula is C21H24BrNO. The van der Waals surface area contributed by atoms with Crippen LogP contribution in [0.5, 0.6) is 0 Å². The molecule has 0 saturated carbocycles. The van der Waals surface area contributed by atoms with Crippen LogP contribution in [0.4, 0.5) is 0 Å². The Kier molecular flexibility index (Phi) is 7.96. The van der Waals surface area contributed by atoms with Crippen molar-refractivity contribution in [2.45, 2.75) is 19.2 Å². The summed E-state index contributed by atoms with van der Waals surface area (Å²) in [5.74, 6) is 0. The van der Waals surface area contributed by atoms with Crippen molar-refractivity contribution in [2.75, 3.05) is 13.2 Å². The molecule has 0 spiro atoms. The molecule has 0 fully saturated rings. The van der Waals surface area contributed by atoms with Gasteiger partial charge >= 0.3 is 0 Å². The van der Waals surface area contributed by atoms with Gasteiger partial charge < -0.3 is 4.74 Å². The summed E-state index contributed by atoms with van der Waals surface area (Å²) < 4.78 is 6.87. The van der Waals surface area contributed by atoms with E-state index in [1.54, 1.807) is 0 Å². The Balaban J connectivity index is 1.96. The van der Waals surface area contributed by atoms with Gasteiger partial charge in [0.15, 0.2) is 0 Å².